The fourth-order valence-electron chi connectivity index (χ4n) is 4.41. The number of piperazine rings is 1. The van der Waals surface area contributed by atoms with Crippen LogP contribution in [0.1, 0.15) is 38.8 Å². The lowest BCUT2D eigenvalue weighted by atomic mass is 10.1. The number of sulfonamides is 1. The van der Waals surface area contributed by atoms with Gasteiger partial charge in [0.15, 0.2) is 0 Å². The maximum Gasteiger partial charge on any atom is 0.255 e. The summed E-state index contributed by atoms with van der Waals surface area (Å²) in [4.78, 5) is 27.9. The fraction of sp³-hybridized carbons (Fsp3) is 0.310. The van der Waals surface area contributed by atoms with Crippen LogP contribution in [0.4, 0.5) is 5.69 Å². The number of nitrogens with one attached hydrogen (secondary N) is 2. The summed E-state index contributed by atoms with van der Waals surface area (Å²) in [5, 5.41) is 5.80. The van der Waals surface area contributed by atoms with Gasteiger partial charge in [-0.05, 0) is 48.7 Å². The normalized spacial score (nSPS) is 14.7. The molecule has 3 aromatic carbocycles. The molecule has 0 aromatic heterocycles. The van der Waals surface area contributed by atoms with Crippen molar-refractivity contribution < 1.29 is 18.0 Å². The van der Waals surface area contributed by atoms with Crippen LogP contribution in [0.15, 0.2) is 78.9 Å². The van der Waals surface area contributed by atoms with E-state index in [4.69, 9.17) is 0 Å². The molecule has 0 unspecified atom stereocenters. The number of rotatable bonds is 10. The van der Waals surface area contributed by atoms with Crippen molar-refractivity contribution in [2.24, 2.45) is 0 Å². The molecule has 0 saturated carbocycles. The number of nitrogens with zero attached hydrogens (tertiary/aromatic N) is 2. The molecule has 1 heterocycles. The van der Waals surface area contributed by atoms with Crippen LogP contribution in [0.5, 0.6) is 0 Å². The summed E-state index contributed by atoms with van der Waals surface area (Å²) < 4.78 is 25.7. The Morgan fingerprint density at radius 2 is 1.45 bits per heavy atom. The quantitative estimate of drug-likeness (QED) is 0.416. The number of hydrogen-bond acceptors (Lipinski definition) is 5. The third kappa shape index (κ3) is 7.28. The molecule has 200 valence electrons. The Morgan fingerprint density at radius 3 is 2.13 bits per heavy atom. The molecule has 1 aliphatic heterocycles. The average molecular weight is 535 g/mol. The molecular formula is C29H34N4O4S. The number of hydrogen-bond donors (Lipinski definition) is 2. The minimum atomic E-state index is -3.15. The molecule has 0 bridgehead atoms. The van der Waals surface area contributed by atoms with Crippen molar-refractivity contribution in [2.45, 2.75) is 19.9 Å². The van der Waals surface area contributed by atoms with Crippen LogP contribution in [0.25, 0.3) is 0 Å². The van der Waals surface area contributed by atoms with Crippen molar-refractivity contribution in [1.29, 1.82) is 0 Å². The zero-order valence-electron chi connectivity index (χ0n) is 21.6. The van der Waals surface area contributed by atoms with Gasteiger partial charge in [-0.25, -0.2) is 8.42 Å². The zero-order valence-corrected chi connectivity index (χ0v) is 22.4. The highest BCUT2D eigenvalue weighted by Gasteiger charge is 2.25. The molecule has 38 heavy (non-hydrogen) atoms. The summed E-state index contributed by atoms with van der Waals surface area (Å²) in [6, 6.07) is 24.3. The maximum atomic E-state index is 12.9. The van der Waals surface area contributed by atoms with Crippen LogP contribution >= 0.6 is 0 Å². The van der Waals surface area contributed by atoms with Gasteiger partial charge >= 0.3 is 0 Å². The molecular weight excluding hydrogens is 500 g/mol. The first-order chi connectivity index (χ1) is 18.4. The molecule has 1 fully saturated rings. The van der Waals surface area contributed by atoms with Gasteiger partial charge in [-0.15, -0.1) is 0 Å². The SMILES string of the molecule is CCS(=O)(=O)N1CCN(Cc2ccc(C(=O)Nc3ccccc3C(=O)NCCc3ccccc3)cc2)CC1. The Morgan fingerprint density at radius 1 is 0.789 bits per heavy atom. The highest BCUT2D eigenvalue weighted by Crippen LogP contribution is 2.18. The number of amides is 2. The summed E-state index contributed by atoms with van der Waals surface area (Å²) in [6.07, 6.45) is 0.723. The summed E-state index contributed by atoms with van der Waals surface area (Å²) in [5.74, 6) is -0.404. The molecule has 0 radical (unpaired) electrons. The molecule has 0 atom stereocenters. The standard InChI is InChI=1S/C29H34N4O4S/c1-2-38(36,37)33-20-18-32(19-21-33)22-24-12-14-25(15-13-24)28(34)31-27-11-7-6-10-26(27)29(35)30-17-16-23-8-4-3-5-9-23/h3-15H,2,16-22H2,1H3,(H,30,35)(H,31,34). The first kappa shape index (κ1) is 27.5. The van der Waals surface area contributed by atoms with E-state index in [1.807, 2.05) is 42.5 Å². The molecule has 8 nitrogen and oxygen atoms in total. The van der Waals surface area contributed by atoms with Crippen LogP contribution in [0, 0.1) is 0 Å². The molecule has 9 heteroatoms. The lowest BCUT2D eigenvalue weighted by molar-refractivity contribution is 0.0955. The van der Waals surface area contributed by atoms with Crippen molar-refractivity contribution >= 4 is 27.5 Å². The van der Waals surface area contributed by atoms with Gasteiger partial charge in [0.05, 0.1) is 17.0 Å². The van der Waals surface area contributed by atoms with Gasteiger partial charge in [-0.1, -0.05) is 54.6 Å². The van der Waals surface area contributed by atoms with E-state index in [0.29, 0.717) is 56.1 Å². The lowest BCUT2D eigenvalue weighted by Gasteiger charge is -2.33. The summed E-state index contributed by atoms with van der Waals surface area (Å²) in [6.45, 7) is 5.19. The number of anilines is 1. The molecule has 2 N–H and O–H groups in total. The molecule has 1 saturated heterocycles. The predicted octanol–water partition coefficient (Wildman–Crippen LogP) is 3.38. The van der Waals surface area contributed by atoms with Crippen LogP contribution in [0.2, 0.25) is 0 Å². The van der Waals surface area contributed by atoms with Crippen LogP contribution < -0.4 is 10.6 Å². The number of carbonyl (C=O) groups excluding carboxylic acids is 2. The van der Waals surface area contributed by atoms with E-state index < -0.39 is 10.0 Å². The maximum absolute atomic E-state index is 12.9. The monoisotopic (exact) mass is 534 g/mol. The third-order valence-electron chi connectivity index (χ3n) is 6.67. The van der Waals surface area contributed by atoms with Crippen molar-refractivity contribution in [1.82, 2.24) is 14.5 Å². The topological polar surface area (TPSA) is 98.8 Å². The van der Waals surface area contributed by atoms with Gasteiger partial charge in [-0.3, -0.25) is 14.5 Å². The van der Waals surface area contributed by atoms with E-state index in [9.17, 15) is 18.0 Å². The first-order valence-electron chi connectivity index (χ1n) is 12.9. The second kappa shape index (κ2) is 12.8. The summed E-state index contributed by atoms with van der Waals surface area (Å²) in [5.41, 5.74) is 3.55. The van der Waals surface area contributed by atoms with Gasteiger partial charge in [0.25, 0.3) is 11.8 Å². The van der Waals surface area contributed by atoms with Crippen molar-refractivity contribution in [3.63, 3.8) is 0 Å². The van der Waals surface area contributed by atoms with Crippen LogP contribution in [-0.4, -0.2) is 67.9 Å². The van der Waals surface area contributed by atoms with Crippen LogP contribution in [-0.2, 0) is 23.0 Å². The van der Waals surface area contributed by atoms with Crippen molar-refractivity contribution in [2.75, 3.05) is 43.8 Å². The van der Waals surface area contributed by atoms with E-state index in [0.717, 1.165) is 17.5 Å². The lowest BCUT2D eigenvalue weighted by Crippen LogP contribution is -2.48. The zero-order chi connectivity index (χ0) is 27.0. The van der Waals surface area contributed by atoms with Gasteiger partial charge in [0.2, 0.25) is 10.0 Å². The van der Waals surface area contributed by atoms with Gasteiger partial charge in [0, 0.05) is 44.8 Å². The highest BCUT2D eigenvalue weighted by atomic mass is 32.2. The Labute approximate surface area is 224 Å². The summed E-state index contributed by atoms with van der Waals surface area (Å²) in [7, 11) is -3.15. The third-order valence-corrected chi connectivity index (χ3v) is 8.56. The largest absolute Gasteiger partial charge is 0.352 e. The Balaban J connectivity index is 1.30. The average Bonchev–Trinajstić information content (AvgIpc) is 2.94. The summed E-state index contributed by atoms with van der Waals surface area (Å²) >= 11 is 0. The fourth-order valence-corrected chi connectivity index (χ4v) is 5.50. The second-order valence-corrected chi connectivity index (χ2v) is 11.5. The Bertz CT molecular complexity index is 1340. The molecule has 4 rings (SSSR count). The van der Waals surface area contributed by atoms with Crippen molar-refractivity contribution in [3.8, 4) is 0 Å². The van der Waals surface area contributed by atoms with E-state index in [1.54, 1.807) is 47.6 Å². The van der Waals surface area contributed by atoms with E-state index >= 15 is 0 Å². The second-order valence-electron chi connectivity index (χ2n) is 9.26. The van der Waals surface area contributed by atoms with E-state index in [2.05, 4.69) is 15.5 Å². The minimum absolute atomic E-state index is 0.125. The van der Waals surface area contributed by atoms with Gasteiger partial charge in [-0.2, -0.15) is 4.31 Å². The smallest absolute Gasteiger partial charge is 0.255 e. The Kier molecular flexibility index (Phi) is 9.28. The molecule has 2 amide bonds. The number of carbonyl (C=O) groups is 2. The number of benzene rings is 3. The molecule has 0 aliphatic carbocycles. The Hall–Kier alpha value is -3.53. The molecule has 3 aromatic rings. The van der Waals surface area contributed by atoms with Crippen LogP contribution in [0.3, 0.4) is 0 Å². The van der Waals surface area contributed by atoms with E-state index in [-0.39, 0.29) is 17.6 Å². The number of para-hydroxylation sites is 1. The highest BCUT2D eigenvalue weighted by molar-refractivity contribution is 7.89. The van der Waals surface area contributed by atoms with E-state index in [1.165, 1.54) is 0 Å². The van der Waals surface area contributed by atoms with Gasteiger partial charge in [0.1, 0.15) is 0 Å². The first-order valence-corrected chi connectivity index (χ1v) is 14.5. The van der Waals surface area contributed by atoms with Crippen molar-refractivity contribution in [3.05, 3.63) is 101 Å². The predicted molar refractivity (Wildman–Crippen MR) is 150 cm³/mol. The molecule has 0 spiro atoms. The minimum Gasteiger partial charge on any atom is -0.352 e. The molecule has 1 aliphatic rings. The van der Waals surface area contributed by atoms with Gasteiger partial charge < -0.3 is 10.6 Å².